The third kappa shape index (κ3) is 4.96. The molecular formula is C14H19NO7. The van der Waals surface area contributed by atoms with Crippen LogP contribution in [0.5, 0.6) is 0 Å². The van der Waals surface area contributed by atoms with Crippen LogP contribution in [-0.2, 0) is 28.7 Å². The van der Waals surface area contributed by atoms with Gasteiger partial charge >= 0.3 is 11.9 Å². The average molecular weight is 313 g/mol. The van der Waals surface area contributed by atoms with E-state index in [0.717, 1.165) is 19.3 Å². The Kier molecular flexibility index (Phi) is 6.71. The Labute approximate surface area is 127 Å². The van der Waals surface area contributed by atoms with Gasteiger partial charge in [0.15, 0.2) is 11.9 Å². The van der Waals surface area contributed by atoms with E-state index in [-0.39, 0.29) is 5.78 Å². The zero-order chi connectivity index (χ0) is 16.7. The Morgan fingerprint density at radius 1 is 1.27 bits per heavy atom. The summed E-state index contributed by atoms with van der Waals surface area (Å²) in [6.07, 6.45) is 1.40. The van der Waals surface area contributed by atoms with Crippen molar-refractivity contribution < 1.29 is 33.8 Å². The van der Waals surface area contributed by atoms with E-state index in [4.69, 9.17) is 0 Å². The largest absolute Gasteiger partial charge is 0.466 e. The first kappa shape index (κ1) is 17.8. The van der Waals surface area contributed by atoms with Crippen molar-refractivity contribution in [3.63, 3.8) is 0 Å². The molecule has 1 fully saturated rings. The average Bonchev–Trinajstić information content (AvgIpc) is 2.98. The third-order valence-electron chi connectivity index (χ3n) is 3.23. The van der Waals surface area contributed by atoms with Gasteiger partial charge in [-0.1, -0.05) is 0 Å². The van der Waals surface area contributed by atoms with Crippen LogP contribution in [0.25, 0.3) is 0 Å². The minimum Gasteiger partial charge on any atom is -0.466 e. The van der Waals surface area contributed by atoms with E-state index < -0.39 is 36.6 Å². The normalized spacial score (nSPS) is 19.0. The molecule has 1 aliphatic rings. The summed E-state index contributed by atoms with van der Waals surface area (Å²) in [6, 6.07) is -0.530. The molecule has 8 heteroatoms. The number of amides is 1. The Bertz CT molecular complexity index is 486. The number of hydrogen-bond acceptors (Lipinski definition) is 7. The zero-order valence-corrected chi connectivity index (χ0v) is 12.5. The van der Waals surface area contributed by atoms with Crippen molar-refractivity contribution in [1.82, 2.24) is 4.90 Å². The molecule has 1 N–H and O–H groups in total. The van der Waals surface area contributed by atoms with Crippen molar-refractivity contribution in [1.29, 1.82) is 0 Å². The summed E-state index contributed by atoms with van der Waals surface area (Å²) in [7, 11) is 1.15. The van der Waals surface area contributed by atoms with E-state index in [0.29, 0.717) is 19.4 Å². The highest BCUT2D eigenvalue weighted by atomic mass is 16.5. The number of methoxy groups -OCH3 is 1. The van der Waals surface area contributed by atoms with Crippen molar-refractivity contribution >= 4 is 23.6 Å². The first-order valence-corrected chi connectivity index (χ1v) is 6.78. The van der Waals surface area contributed by atoms with E-state index in [9.17, 15) is 24.3 Å². The number of carbonyl (C=O) groups excluding carboxylic acids is 4. The van der Waals surface area contributed by atoms with Crippen LogP contribution in [0.15, 0.2) is 12.2 Å². The first-order chi connectivity index (χ1) is 10.4. The summed E-state index contributed by atoms with van der Waals surface area (Å²) >= 11 is 0. The number of nitrogens with zero attached hydrogens (tertiary/aromatic N) is 1. The van der Waals surface area contributed by atoms with E-state index in [1.807, 2.05) is 0 Å². The fraction of sp³-hybridized carbons (Fsp3) is 0.571. The smallest absolute Gasteiger partial charge is 0.331 e. The van der Waals surface area contributed by atoms with E-state index >= 15 is 0 Å². The lowest BCUT2D eigenvalue weighted by Gasteiger charge is -2.24. The Morgan fingerprint density at radius 3 is 2.50 bits per heavy atom. The molecule has 0 aromatic rings. The van der Waals surface area contributed by atoms with Crippen LogP contribution >= 0.6 is 0 Å². The monoisotopic (exact) mass is 313 g/mol. The Hall–Kier alpha value is -2.22. The number of rotatable bonds is 6. The number of Topliss-reactive ketones (excluding diaryl/α,β-unsaturated/α-hetero) is 1. The fourth-order valence-electron chi connectivity index (χ4n) is 2.13. The van der Waals surface area contributed by atoms with Gasteiger partial charge in [0.1, 0.15) is 6.61 Å². The summed E-state index contributed by atoms with van der Waals surface area (Å²) in [5, 5.41) is 9.75. The maximum absolute atomic E-state index is 12.0. The summed E-state index contributed by atoms with van der Waals surface area (Å²) in [6.45, 7) is 1.22. The Morgan fingerprint density at radius 2 is 1.91 bits per heavy atom. The molecule has 122 valence electrons. The van der Waals surface area contributed by atoms with Gasteiger partial charge in [-0.15, -0.1) is 0 Å². The predicted octanol–water partition coefficient (Wildman–Crippen LogP) is -0.800. The SMILES string of the molecule is COC(=O)/C=C/C(=O)OCC(O)C(=O)N1CCC[C@H]1C(C)=O. The van der Waals surface area contributed by atoms with Crippen LogP contribution < -0.4 is 0 Å². The van der Waals surface area contributed by atoms with Gasteiger partial charge in [0.2, 0.25) is 0 Å². The molecule has 0 radical (unpaired) electrons. The number of ether oxygens (including phenoxy) is 2. The van der Waals surface area contributed by atoms with Gasteiger partial charge in [-0.2, -0.15) is 0 Å². The molecule has 1 amide bonds. The van der Waals surface area contributed by atoms with Gasteiger partial charge in [0.05, 0.1) is 13.2 Å². The second kappa shape index (κ2) is 8.28. The lowest BCUT2D eigenvalue weighted by atomic mass is 10.1. The van der Waals surface area contributed by atoms with Crippen LogP contribution in [0.1, 0.15) is 19.8 Å². The third-order valence-corrected chi connectivity index (χ3v) is 3.23. The minimum atomic E-state index is -1.55. The Balaban J connectivity index is 2.48. The van der Waals surface area contributed by atoms with Gasteiger partial charge in [0, 0.05) is 18.7 Å². The lowest BCUT2D eigenvalue weighted by molar-refractivity contribution is -0.151. The highest BCUT2D eigenvalue weighted by Crippen LogP contribution is 2.19. The maximum atomic E-state index is 12.0. The number of aliphatic hydroxyl groups excluding tert-OH is 1. The van der Waals surface area contributed by atoms with Crippen LogP contribution in [-0.4, -0.2) is 66.0 Å². The number of carbonyl (C=O) groups is 4. The molecular weight excluding hydrogens is 294 g/mol. The van der Waals surface area contributed by atoms with E-state index in [1.54, 1.807) is 0 Å². The molecule has 8 nitrogen and oxygen atoms in total. The van der Waals surface area contributed by atoms with Gasteiger partial charge in [-0.25, -0.2) is 9.59 Å². The lowest BCUT2D eigenvalue weighted by Crippen LogP contribution is -2.46. The van der Waals surface area contributed by atoms with Crippen LogP contribution in [0.2, 0.25) is 0 Å². The summed E-state index contributed by atoms with van der Waals surface area (Å²) in [5.41, 5.74) is 0. The molecule has 0 bridgehead atoms. The van der Waals surface area contributed by atoms with Gasteiger partial charge in [-0.05, 0) is 19.8 Å². The topological polar surface area (TPSA) is 110 Å². The molecule has 2 atom stereocenters. The van der Waals surface area contributed by atoms with Crippen LogP contribution in [0, 0.1) is 0 Å². The number of aliphatic hydroxyl groups is 1. The molecule has 1 saturated heterocycles. The van der Waals surface area contributed by atoms with Gasteiger partial charge in [0.25, 0.3) is 5.91 Å². The zero-order valence-electron chi connectivity index (χ0n) is 12.5. The molecule has 1 unspecified atom stereocenters. The van der Waals surface area contributed by atoms with Crippen molar-refractivity contribution in [2.75, 3.05) is 20.3 Å². The highest BCUT2D eigenvalue weighted by Gasteiger charge is 2.35. The number of esters is 2. The quantitative estimate of drug-likeness (QED) is 0.505. The summed E-state index contributed by atoms with van der Waals surface area (Å²) in [5.74, 6) is -2.41. The molecule has 1 heterocycles. The molecule has 0 aromatic carbocycles. The van der Waals surface area contributed by atoms with Crippen molar-refractivity contribution in [3.05, 3.63) is 12.2 Å². The maximum Gasteiger partial charge on any atom is 0.331 e. The summed E-state index contributed by atoms with van der Waals surface area (Å²) in [4.78, 5) is 46.8. The van der Waals surface area contributed by atoms with Gasteiger partial charge < -0.3 is 19.5 Å². The molecule has 22 heavy (non-hydrogen) atoms. The van der Waals surface area contributed by atoms with Crippen molar-refractivity contribution in [3.8, 4) is 0 Å². The standard InChI is InChI=1S/C14H19NO7/c1-9(16)10-4-3-7-15(10)14(20)11(17)8-22-13(19)6-5-12(18)21-2/h5-6,10-11,17H,3-4,7-8H2,1-2H3/b6-5+/t10-,11?/m0/s1. The van der Waals surface area contributed by atoms with Gasteiger partial charge in [-0.3, -0.25) is 9.59 Å². The summed E-state index contributed by atoms with van der Waals surface area (Å²) < 4.78 is 8.95. The molecule has 0 aliphatic carbocycles. The predicted molar refractivity (Wildman–Crippen MR) is 73.5 cm³/mol. The van der Waals surface area contributed by atoms with Crippen LogP contribution in [0.4, 0.5) is 0 Å². The molecule has 0 aromatic heterocycles. The molecule has 0 spiro atoms. The first-order valence-electron chi connectivity index (χ1n) is 6.78. The van der Waals surface area contributed by atoms with Crippen LogP contribution in [0.3, 0.4) is 0 Å². The molecule has 0 saturated carbocycles. The van der Waals surface area contributed by atoms with E-state index in [2.05, 4.69) is 9.47 Å². The molecule has 1 aliphatic heterocycles. The second-order valence-corrected chi connectivity index (χ2v) is 4.80. The second-order valence-electron chi connectivity index (χ2n) is 4.80. The highest BCUT2D eigenvalue weighted by molar-refractivity contribution is 5.92. The van der Waals surface area contributed by atoms with Crippen molar-refractivity contribution in [2.24, 2.45) is 0 Å². The number of hydrogen-bond donors (Lipinski definition) is 1. The fourth-order valence-corrected chi connectivity index (χ4v) is 2.13. The minimum absolute atomic E-state index is 0.143. The number of likely N-dealkylation sites (tertiary alicyclic amines) is 1. The van der Waals surface area contributed by atoms with Crippen molar-refractivity contribution in [2.45, 2.75) is 31.9 Å². The number of ketones is 1. The van der Waals surface area contributed by atoms with E-state index in [1.165, 1.54) is 11.8 Å². The molecule has 1 rings (SSSR count).